The Kier molecular flexibility index (Phi) is 4.73. The van der Waals surface area contributed by atoms with Gasteiger partial charge < -0.3 is 5.32 Å². The second kappa shape index (κ2) is 7.28. The van der Waals surface area contributed by atoms with Crippen molar-refractivity contribution in [2.75, 3.05) is 0 Å². The summed E-state index contributed by atoms with van der Waals surface area (Å²) in [6, 6.07) is 15.8. The Morgan fingerprint density at radius 3 is 2.17 bits per heavy atom. The minimum absolute atomic E-state index is 0.0681. The molecule has 4 fully saturated rings. The van der Waals surface area contributed by atoms with Crippen LogP contribution in [0.15, 0.2) is 59.5 Å². The molecule has 1 N–H and O–H groups in total. The molecule has 0 saturated heterocycles. The Balaban J connectivity index is 1.30. The first-order chi connectivity index (χ1) is 14.0. The minimum atomic E-state index is -3.43. The van der Waals surface area contributed by atoms with Crippen LogP contribution >= 0.6 is 0 Å². The van der Waals surface area contributed by atoms with Crippen LogP contribution in [0.2, 0.25) is 0 Å². The Morgan fingerprint density at radius 1 is 0.862 bits per heavy atom. The third kappa shape index (κ3) is 3.73. The molecule has 4 aliphatic rings. The van der Waals surface area contributed by atoms with Crippen LogP contribution in [0.4, 0.5) is 0 Å². The van der Waals surface area contributed by atoms with Gasteiger partial charge in [0.15, 0.2) is 9.84 Å². The van der Waals surface area contributed by atoms with Crippen LogP contribution in [0.25, 0.3) is 0 Å². The Morgan fingerprint density at radius 2 is 1.52 bits per heavy atom. The van der Waals surface area contributed by atoms with Crippen LogP contribution in [0, 0.1) is 23.7 Å². The van der Waals surface area contributed by atoms with Crippen molar-refractivity contribution in [2.24, 2.45) is 23.7 Å². The average molecular weight is 410 g/mol. The summed E-state index contributed by atoms with van der Waals surface area (Å²) in [6.45, 7) is 0. The summed E-state index contributed by atoms with van der Waals surface area (Å²) in [7, 11) is -3.43. The molecule has 2 aromatic carbocycles. The first-order valence-corrected chi connectivity index (χ1v) is 12.3. The van der Waals surface area contributed by atoms with E-state index in [1.807, 2.05) is 0 Å². The van der Waals surface area contributed by atoms with Crippen LogP contribution in [-0.4, -0.2) is 20.4 Å². The molecular weight excluding hydrogens is 382 g/mol. The summed E-state index contributed by atoms with van der Waals surface area (Å²) in [5, 5.41) is 3.31. The number of carbonyl (C=O) groups is 1. The van der Waals surface area contributed by atoms with Gasteiger partial charge in [0.2, 0.25) is 0 Å². The fourth-order valence-corrected chi connectivity index (χ4v) is 7.49. The van der Waals surface area contributed by atoms with Crippen LogP contribution < -0.4 is 5.32 Å². The molecule has 5 heteroatoms. The van der Waals surface area contributed by atoms with Crippen molar-refractivity contribution in [1.82, 2.24) is 5.32 Å². The number of rotatable bonds is 5. The summed E-state index contributed by atoms with van der Waals surface area (Å²) in [5.41, 5.74) is 1.20. The molecule has 6 rings (SSSR count). The molecule has 0 radical (unpaired) electrons. The van der Waals surface area contributed by atoms with Crippen LogP contribution in [-0.2, 0) is 15.6 Å². The third-order valence-electron chi connectivity index (χ3n) is 7.17. The Bertz CT molecular complexity index is 987. The average Bonchev–Trinajstić information content (AvgIpc) is 2.70. The number of hydrogen-bond acceptors (Lipinski definition) is 3. The molecule has 0 spiro atoms. The second-order valence-corrected chi connectivity index (χ2v) is 11.2. The monoisotopic (exact) mass is 409 g/mol. The number of sulfone groups is 1. The van der Waals surface area contributed by atoms with Crippen molar-refractivity contribution in [2.45, 2.75) is 48.8 Å². The van der Waals surface area contributed by atoms with Crippen molar-refractivity contribution in [3.05, 3.63) is 65.7 Å². The number of amides is 1. The molecule has 4 nitrogen and oxygen atoms in total. The van der Waals surface area contributed by atoms with Gasteiger partial charge in [-0.1, -0.05) is 30.3 Å². The van der Waals surface area contributed by atoms with E-state index >= 15 is 0 Å². The maximum atomic E-state index is 13.0. The highest BCUT2D eigenvalue weighted by molar-refractivity contribution is 7.90. The van der Waals surface area contributed by atoms with E-state index in [2.05, 4.69) is 5.32 Å². The second-order valence-electron chi connectivity index (χ2n) is 9.20. The zero-order valence-corrected chi connectivity index (χ0v) is 17.3. The van der Waals surface area contributed by atoms with Crippen LogP contribution in [0.5, 0.6) is 0 Å². The zero-order chi connectivity index (χ0) is 20.0. The maximum absolute atomic E-state index is 13.0. The number of carbonyl (C=O) groups excluding carboxylic acids is 1. The van der Waals surface area contributed by atoms with Gasteiger partial charge in [-0.25, -0.2) is 8.42 Å². The van der Waals surface area contributed by atoms with Crippen LogP contribution in [0.3, 0.4) is 0 Å². The first-order valence-electron chi connectivity index (χ1n) is 10.7. The third-order valence-corrected chi connectivity index (χ3v) is 8.88. The maximum Gasteiger partial charge on any atom is 0.251 e. The predicted octanol–water partition coefficient (Wildman–Crippen LogP) is 4.22. The van der Waals surface area contributed by atoms with Crippen molar-refractivity contribution in [3.63, 3.8) is 0 Å². The molecule has 152 valence electrons. The molecule has 0 aromatic heterocycles. The summed E-state index contributed by atoms with van der Waals surface area (Å²) >= 11 is 0. The van der Waals surface area contributed by atoms with E-state index in [0.29, 0.717) is 27.9 Å². The SMILES string of the molecule is O=C(NC1C2CC3CC(C2)CC1C3)c1cccc(CS(=O)(=O)c2ccccc2)c1. The fraction of sp³-hybridized carbons (Fsp3) is 0.458. The van der Waals surface area contributed by atoms with E-state index < -0.39 is 9.84 Å². The standard InChI is InChI=1S/C24H27NO3S/c26-24(25-23-20-11-17-9-18(13-20)14-21(23)12-17)19-6-4-5-16(10-19)15-29(27,28)22-7-2-1-3-8-22/h1-8,10,17-18,20-21,23H,9,11-15H2,(H,25,26). The largest absolute Gasteiger partial charge is 0.349 e. The fourth-order valence-electron chi connectivity index (χ4n) is 6.13. The molecule has 0 atom stereocenters. The molecule has 4 bridgehead atoms. The normalized spacial score (nSPS) is 30.3. The molecule has 0 heterocycles. The van der Waals surface area contributed by atoms with Gasteiger partial charge in [-0.05, 0) is 85.6 Å². The number of nitrogens with one attached hydrogen (secondary N) is 1. The Labute approximate surface area is 172 Å². The molecule has 0 aliphatic heterocycles. The molecular formula is C24H27NO3S. The van der Waals surface area contributed by atoms with Gasteiger partial charge in [0, 0.05) is 11.6 Å². The molecule has 4 aliphatic carbocycles. The number of hydrogen-bond donors (Lipinski definition) is 1. The molecule has 2 aromatic rings. The number of benzene rings is 2. The lowest BCUT2D eigenvalue weighted by molar-refractivity contribution is -0.0119. The highest BCUT2D eigenvalue weighted by atomic mass is 32.2. The van der Waals surface area contributed by atoms with Crippen molar-refractivity contribution in [3.8, 4) is 0 Å². The van der Waals surface area contributed by atoms with Crippen molar-refractivity contribution in [1.29, 1.82) is 0 Å². The van der Waals surface area contributed by atoms with Gasteiger partial charge in [-0.15, -0.1) is 0 Å². The molecule has 29 heavy (non-hydrogen) atoms. The van der Waals surface area contributed by atoms with E-state index in [1.165, 1.54) is 32.1 Å². The lowest BCUT2D eigenvalue weighted by Gasteiger charge is -2.54. The highest BCUT2D eigenvalue weighted by Crippen LogP contribution is 2.53. The lowest BCUT2D eigenvalue weighted by Crippen LogP contribution is -2.55. The summed E-state index contributed by atoms with van der Waals surface area (Å²) < 4.78 is 25.3. The van der Waals surface area contributed by atoms with Gasteiger partial charge in [-0.2, -0.15) is 0 Å². The van der Waals surface area contributed by atoms with E-state index in [0.717, 1.165) is 11.8 Å². The summed E-state index contributed by atoms with van der Waals surface area (Å²) in [4.78, 5) is 13.3. The van der Waals surface area contributed by atoms with Gasteiger partial charge in [0.25, 0.3) is 5.91 Å². The van der Waals surface area contributed by atoms with Gasteiger partial charge in [0.05, 0.1) is 10.6 Å². The first kappa shape index (κ1) is 18.9. The van der Waals surface area contributed by atoms with Gasteiger partial charge in [-0.3, -0.25) is 4.79 Å². The summed E-state index contributed by atoms with van der Waals surface area (Å²) in [6.07, 6.45) is 6.42. The van der Waals surface area contributed by atoms with E-state index in [9.17, 15) is 13.2 Å². The van der Waals surface area contributed by atoms with Gasteiger partial charge >= 0.3 is 0 Å². The zero-order valence-electron chi connectivity index (χ0n) is 16.5. The molecule has 1 amide bonds. The van der Waals surface area contributed by atoms with E-state index in [4.69, 9.17) is 0 Å². The molecule has 4 saturated carbocycles. The lowest BCUT2D eigenvalue weighted by atomic mass is 9.54. The highest BCUT2D eigenvalue weighted by Gasteiger charge is 2.48. The van der Waals surface area contributed by atoms with E-state index in [-0.39, 0.29) is 17.7 Å². The Hall–Kier alpha value is -2.14. The van der Waals surface area contributed by atoms with Crippen molar-refractivity contribution < 1.29 is 13.2 Å². The summed E-state index contributed by atoms with van der Waals surface area (Å²) in [5.74, 6) is 2.82. The van der Waals surface area contributed by atoms with Gasteiger partial charge in [0.1, 0.15) is 0 Å². The quantitative estimate of drug-likeness (QED) is 0.804. The molecule has 0 unspecified atom stereocenters. The van der Waals surface area contributed by atoms with Crippen molar-refractivity contribution >= 4 is 15.7 Å². The topological polar surface area (TPSA) is 63.2 Å². The minimum Gasteiger partial charge on any atom is -0.349 e. The predicted molar refractivity (Wildman–Crippen MR) is 112 cm³/mol. The van der Waals surface area contributed by atoms with E-state index in [1.54, 1.807) is 54.6 Å². The van der Waals surface area contributed by atoms with Crippen LogP contribution in [0.1, 0.15) is 48.0 Å². The smallest absolute Gasteiger partial charge is 0.251 e.